The van der Waals surface area contributed by atoms with Crippen molar-refractivity contribution in [3.05, 3.63) is 59.8 Å². The first-order chi connectivity index (χ1) is 11.8. The summed E-state index contributed by atoms with van der Waals surface area (Å²) in [6.45, 7) is 1.89. The number of nitrogens with zero attached hydrogens (tertiary/aromatic N) is 2. The zero-order valence-corrected chi connectivity index (χ0v) is 13.6. The second kappa shape index (κ2) is 6.16. The van der Waals surface area contributed by atoms with Gasteiger partial charge in [0.1, 0.15) is 11.6 Å². The standard InChI is InChI=1S/C18H16F3N3O/c1-11-3-7-13(8-4-11)24-17(22)15(16(23-24)18(19,20)21)12-5-9-14(25-2)10-6-12/h3-10H,22H2,1-2H3. The van der Waals surface area contributed by atoms with Gasteiger partial charge in [-0.1, -0.05) is 29.8 Å². The first-order valence-electron chi connectivity index (χ1n) is 7.48. The summed E-state index contributed by atoms with van der Waals surface area (Å²) in [5, 5.41) is 3.74. The van der Waals surface area contributed by atoms with Crippen LogP contribution in [0.3, 0.4) is 0 Å². The van der Waals surface area contributed by atoms with Gasteiger partial charge in [-0.3, -0.25) is 0 Å². The Morgan fingerprint density at radius 1 is 1.00 bits per heavy atom. The van der Waals surface area contributed by atoms with E-state index in [-0.39, 0.29) is 11.4 Å². The second-order valence-corrected chi connectivity index (χ2v) is 5.58. The highest BCUT2D eigenvalue weighted by Crippen LogP contribution is 2.41. The van der Waals surface area contributed by atoms with Crippen LogP contribution in [0.15, 0.2) is 48.5 Å². The molecule has 4 nitrogen and oxygen atoms in total. The number of methoxy groups -OCH3 is 1. The lowest BCUT2D eigenvalue weighted by molar-refractivity contribution is -0.140. The zero-order chi connectivity index (χ0) is 18.2. The van der Waals surface area contributed by atoms with Crippen LogP contribution in [0, 0.1) is 6.92 Å². The Hall–Kier alpha value is -2.96. The van der Waals surface area contributed by atoms with Crippen molar-refractivity contribution in [1.82, 2.24) is 9.78 Å². The summed E-state index contributed by atoms with van der Waals surface area (Å²) in [7, 11) is 1.49. The summed E-state index contributed by atoms with van der Waals surface area (Å²) in [5.74, 6) is 0.475. The van der Waals surface area contributed by atoms with E-state index in [0.717, 1.165) is 10.2 Å². The summed E-state index contributed by atoms with van der Waals surface area (Å²) >= 11 is 0. The Bertz CT molecular complexity index is 882. The van der Waals surface area contributed by atoms with E-state index in [1.807, 2.05) is 6.92 Å². The fourth-order valence-corrected chi connectivity index (χ4v) is 2.55. The Kier molecular flexibility index (Phi) is 4.16. The first kappa shape index (κ1) is 16.9. The summed E-state index contributed by atoms with van der Waals surface area (Å²) < 4.78 is 46.6. The van der Waals surface area contributed by atoms with Gasteiger partial charge >= 0.3 is 6.18 Å². The fourth-order valence-electron chi connectivity index (χ4n) is 2.55. The number of aromatic nitrogens is 2. The SMILES string of the molecule is COc1ccc(-c2c(C(F)(F)F)nn(-c3ccc(C)cc3)c2N)cc1. The molecule has 1 aromatic heterocycles. The highest BCUT2D eigenvalue weighted by molar-refractivity contribution is 5.78. The molecule has 0 aliphatic carbocycles. The third-order valence-electron chi connectivity index (χ3n) is 3.85. The van der Waals surface area contributed by atoms with Crippen LogP contribution in [0.4, 0.5) is 19.0 Å². The average Bonchev–Trinajstić information content (AvgIpc) is 2.93. The van der Waals surface area contributed by atoms with Gasteiger partial charge < -0.3 is 10.5 Å². The van der Waals surface area contributed by atoms with E-state index in [2.05, 4.69) is 5.10 Å². The van der Waals surface area contributed by atoms with Crippen LogP contribution in [-0.2, 0) is 6.18 Å². The minimum absolute atomic E-state index is 0.0682. The molecule has 0 amide bonds. The van der Waals surface area contributed by atoms with E-state index in [1.54, 1.807) is 36.4 Å². The molecule has 0 saturated heterocycles. The van der Waals surface area contributed by atoms with Gasteiger partial charge in [0.25, 0.3) is 0 Å². The Labute approximate surface area is 142 Å². The minimum Gasteiger partial charge on any atom is -0.497 e. The molecule has 3 aromatic rings. The molecular weight excluding hydrogens is 331 g/mol. The molecule has 0 bridgehead atoms. The van der Waals surface area contributed by atoms with Gasteiger partial charge in [-0.25, -0.2) is 4.68 Å². The lowest BCUT2D eigenvalue weighted by atomic mass is 10.0. The molecule has 1 heterocycles. The van der Waals surface area contributed by atoms with Gasteiger partial charge in [-0.2, -0.15) is 18.3 Å². The van der Waals surface area contributed by atoms with Crippen LogP contribution < -0.4 is 10.5 Å². The molecule has 0 aliphatic heterocycles. The predicted molar refractivity (Wildman–Crippen MR) is 89.7 cm³/mol. The quantitative estimate of drug-likeness (QED) is 0.761. The van der Waals surface area contributed by atoms with Crippen LogP contribution in [0.25, 0.3) is 16.8 Å². The van der Waals surface area contributed by atoms with Gasteiger partial charge in [-0.05, 0) is 36.8 Å². The molecule has 2 N–H and O–H groups in total. The molecule has 130 valence electrons. The molecule has 0 radical (unpaired) electrons. The van der Waals surface area contributed by atoms with Crippen molar-refractivity contribution >= 4 is 5.82 Å². The van der Waals surface area contributed by atoms with E-state index in [4.69, 9.17) is 10.5 Å². The molecule has 25 heavy (non-hydrogen) atoms. The average molecular weight is 347 g/mol. The highest BCUT2D eigenvalue weighted by Gasteiger charge is 2.39. The number of ether oxygens (including phenoxy) is 1. The predicted octanol–water partition coefficient (Wildman–Crippen LogP) is 4.46. The van der Waals surface area contributed by atoms with Crippen molar-refractivity contribution in [1.29, 1.82) is 0 Å². The van der Waals surface area contributed by atoms with Crippen molar-refractivity contribution in [3.8, 4) is 22.6 Å². The lowest BCUT2D eigenvalue weighted by Gasteiger charge is -2.08. The summed E-state index contributed by atoms with van der Waals surface area (Å²) in [5.41, 5.74) is 6.66. The van der Waals surface area contributed by atoms with E-state index in [9.17, 15) is 13.2 Å². The monoisotopic (exact) mass is 347 g/mol. The Morgan fingerprint density at radius 3 is 2.12 bits per heavy atom. The largest absolute Gasteiger partial charge is 0.497 e. The van der Waals surface area contributed by atoms with Crippen molar-refractivity contribution < 1.29 is 17.9 Å². The molecule has 0 saturated carbocycles. The van der Waals surface area contributed by atoms with Gasteiger partial charge in [0.2, 0.25) is 0 Å². The molecule has 0 spiro atoms. The lowest BCUT2D eigenvalue weighted by Crippen LogP contribution is -2.08. The minimum atomic E-state index is -4.63. The van der Waals surface area contributed by atoms with Crippen LogP contribution in [0.2, 0.25) is 0 Å². The zero-order valence-electron chi connectivity index (χ0n) is 13.6. The molecule has 7 heteroatoms. The number of hydrogen-bond acceptors (Lipinski definition) is 3. The molecule has 3 rings (SSSR count). The Balaban J connectivity index is 2.20. The number of aryl methyl sites for hydroxylation is 1. The number of nitrogens with two attached hydrogens (primary N) is 1. The van der Waals surface area contributed by atoms with E-state index < -0.39 is 11.9 Å². The van der Waals surface area contributed by atoms with Crippen molar-refractivity contribution in [2.24, 2.45) is 0 Å². The van der Waals surface area contributed by atoms with E-state index in [1.165, 1.54) is 19.2 Å². The first-order valence-corrected chi connectivity index (χ1v) is 7.48. The number of hydrogen-bond donors (Lipinski definition) is 1. The number of anilines is 1. The van der Waals surface area contributed by atoms with Crippen molar-refractivity contribution in [3.63, 3.8) is 0 Å². The third kappa shape index (κ3) is 3.17. The van der Waals surface area contributed by atoms with E-state index >= 15 is 0 Å². The highest BCUT2D eigenvalue weighted by atomic mass is 19.4. The van der Waals surface area contributed by atoms with Crippen LogP contribution in [0.1, 0.15) is 11.3 Å². The van der Waals surface area contributed by atoms with Crippen LogP contribution in [-0.4, -0.2) is 16.9 Å². The summed E-state index contributed by atoms with van der Waals surface area (Å²) in [6.07, 6.45) is -4.63. The third-order valence-corrected chi connectivity index (χ3v) is 3.85. The topological polar surface area (TPSA) is 53.1 Å². The van der Waals surface area contributed by atoms with E-state index in [0.29, 0.717) is 17.0 Å². The molecule has 0 unspecified atom stereocenters. The van der Waals surface area contributed by atoms with Crippen molar-refractivity contribution in [2.45, 2.75) is 13.1 Å². The number of nitrogen functional groups attached to an aromatic ring is 1. The maximum absolute atomic E-state index is 13.5. The molecule has 0 aliphatic rings. The van der Waals surface area contributed by atoms with Gasteiger partial charge in [0.05, 0.1) is 18.4 Å². The number of halogens is 3. The van der Waals surface area contributed by atoms with Gasteiger partial charge in [0.15, 0.2) is 5.69 Å². The smallest absolute Gasteiger partial charge is 0.435 e. The molecular formula is C18H16F3N3O. The maximum atomic E-state index is 13.5. The van der Waals surface area contributed by atoms with Crippen LogP contribution in [0.5, 0.6) is 5.75 Å². The van der Waals surface area contributed by atoms with Gasteiger partial charge in [0, 0.05) is 0 Å². The van der Waals surface area contributed by atoms with Crippen molar-refractivity contribution in [2.75, 3.05) is 12.8 Å². The summed E-state index contributed by atoms with van der Waals surface area (Å²) in [4.78, 5) is 0. The maximum Gasteiger partial charge on any atom is 0.435 e. The molecule has 2 aromatic carbocycles. The number of alkyl halides is 3. The molecule has 0 atom stereocenters. The van der Waals surface area contributed by atoms with Gasteiger partial charge in [-0.15, -0.1) is 0 Å². The second-order valence-electron chi connectivity index (χ2n) is 5.58. The number of benzene rings is 2. The Morgan fingerprint density at radius 2 is 1.60 bits per heavy atom. The fraction of sp³-hybridized carbons (Fsp3) is 0.167. The van der Waals surface area contributed by atoms with Crippen LogP contribution >= 0.6 is 0 Å². The normalized spacial score (nSPS) is 11.6. The summed E-state index contributed by atoms with van der Waals surface area (Å²) in [6, 6.07) is 13.2. The molecule has 0 fully saturated rings. The number of rotatable bonds is 3.